The molecule has 94 valence electrons. The summed E-state index contributed by atoms with van der Waals surface area (Å²) in [4.78, 5) is 0. The van der Waals surface area contributed by atoms with Gasteiger partial charge in [0.15, 0.2) is 0 Å². The summed E-state index contributed by atoms with van der Waals surface area (Å²) in [5, 5.41) is 9.73. The van der Waals surface area contributed by atoms with Crippen molar-refractivity contribution >= 4 is 27.5 Å². The maximum atomic E-state index is 9.73. The molecule has 2 rings (SSSR count). The number of rotatable bonds is 4. The summed E-state index contributed by atoms with van der Waals surface area (Å²) in [6.45, 7) is 0.457. The van der Waals surface area contributed by atoms with Crippen LogP contribution in [-0.4, -0.2) is 5.11 Å². The lowest BCUT2D eigenvalue weighted by Crippen LogP contribution is -1.96. The Labute approximate surface area is 119 Å². The van der Waals surface area contributed by atoms with Gasteiger partial charge in [0, 0.05) is 11.6 Å². The molecule has 18 heavy (non-hydrogen) atoms. The van der Waals surface area contributed by atoms with Gasteiger partial charge in [0.05, 0.1) is 10.4 Å². The van der Waals surface area contributed by atoms with Crippen molar-refractivity contribution in [3.05, 3.63) is 58.1 Å². The first-order valence-electron chi connectivity index (χ1n) is 5.45. The van der Waals surface area contributed by atoms with Gasteiger partial charge in [-0.2, -0.15) is 0 Å². The third-order valence-corrected chi connectivity index (χ3v) is 3.42. The van der Waals surface area contributed by atoms with Crippen molar-refractivity contribution in [1.82, 2.24) is 0 Å². The molecule has 0 aromatic heterocycles. The highest BCUT2D eigenvalue weighted by atomic mass is 79.9. The van der Waals surface area contributed by atoms with E-state index in [0.717, 1.165) is 10.0 Å². The van der Waals surface area contributed by atoms with E-state index < -0.39 is 0 Å². The van der Waals surface area contributed by atoms with Crippen LogP contribution in [0, 0.1) is 0 Å². The van der Waals surface area contributed by atoms with Crippen LogP contribution in [-0.2, 0) is 12.5 Å². The summed E-state index contributed by atoms with van der Waals surface area (Å²) < 4.78 is 6.44. The Kier molecular flexibility index (Phi) is 4.50. The molecule has 0 fully saturated rings. The Hall–Kier alpha value is -1.19. The van der Waals surface area contributed by atoms with Crippen LogP contribution < -0.4 is 4.74 Å². The molecular weight excluding hydrogens is 316 g/mol. The highest BCUT2D eigenvalue weighted by molar-refractivity contribution is 9.10. The minimum Gasteiger partial charge on any atom is -0.507 e. The Bertz CT molecular complexity index is 529. The largest absolute Gasteiger partial charge is 0.507 e. The highest BCUT2D eigenvalue weighted by Gasteiger charge is 2.08. The summed E-state index contributed by atoms with van der Waals surface area (Å²) in [5.41, 5.74) is 1.75. The van der Waals surface area contributed by atoms with E-state index >= 15 is 0 Å². The quantitative estimate of drug-likeness (QED) is 0.839. The van der Waals surface area contributed by atoms with Gasteiger partial charge in [-0.05, 0) is 27.6 Å². The van der Waals surface area contributed by atoms with Crippen LogP contribution in [0.4, 0.5) is 0 Å². The molecule has 2 nitrogen and oxygen atoms in total. The summed E-state index contributed by atoms with van der Waals surface area (Å²) in [7, 11) is 0. The lowest BCUT2D eigenvalue weighted by molar-refractivity contribution is 0.302. The summed E-state index contributed by atoms with van der Waals surface area (Å²) in [6.07, 6.45) is 0. The molecule has 0 radical (unpaired) electrons. The van der Waals surface area contributed by atoms with Gasteiger partial charge in [-0.1, -0.05) is 30.3 Å². The van der Waals surface area contributed by atoms with E-state index in [9.17, 15) is 5.11 Å². The van der Waals surface area contributed by atoms with Crippen LogP contribution in [0.3, 0.4) is 0 Å². The number of hydrogen-bond acceptors (Lipinski definition) is 2. The number of ether oxygens (including phenoxy) is 1. The lowest BCUT2D eigenvalue weighted by Gasteiger charge is -2.10. The topological polar surface area (TPSA) is 29.5 Å². The molecule has 0 unspecified atom stereocenters. The maximum Gasteiger partial charge on any atom is 0.137 e. The molecule has 0 heterocycles. The maximum absolute atomic E-state index is 9.73. The van der Waals surface area contributed by atoms with Gasteiger partial charge in [0.2, 0.25) is 0 Å². The zero-order valence-corrected chi connectivity index (χ0v) is 11.9. The van der Waals surface area contributed by atoms with Crippen molar-refractivity contribution in [3.63, 3.8) is 0 Å². The second-order valence-corrected chi connectivity index (χ2v) is 4.94. The molecule has 0 aliphatic rings. The number of phenols is 1. The van der Waals surface area contributed by atoms with Crippen LogP contribution >= 0.6 is 27.5 Å². The Morgan fingerprint density at radius 3 is 2.56 bits per heavy atom. The first-order valence-corrected chi connectivity index (χ1v) is 6.77. The van der Waals surface area contributed by atoms with Crippen molar-refractivity contribution < 1.29 is 9.84 Å². The van der Waals surface area contributed by atoms with Crippen LogP contribution in [0.2, 0.25) is 0 Å². The average Bonchev–Trinajstić information content (AvgIpc) is 2.40. The molecule has 0 aliphatic heterocycles. The van der Waals surface area contributed by atoms with E-state index in [2.05, 4.69) is 15.9 Å². The first kappa shape index (κ1) is 13.2. The molecule has 0 saturated carbocycles. The van der Waals surface area contributed by atoms with Gasteiger partial charge in [0.25, 0.3) is 0 Å². The second kappa shape index (κ2) is 6.12. The fraction of sp³-hybridized carbons (Fsp3) is 0.143. The van der Waals surface area contributed by atoms with Crippen molar-refractivity contribution in [2.45, 2.75) is 12.5 Å². The van der Waals surface area contributed by atoms with E-state index in [1.54, 1.807) is 12.1 Å². The Morgan fingerprint density at radius 1 is 1.17 bits per heavy atom. The highest BCUT2D eigenvalue weighted by Crippen LogP contribution is 2.33. The van der Waals surface area contributed by atoms with Gasteiger partial charge in [-0.25, -0.2) is 0 Å². The van der Waals surface area contributed by atoms with Crippen molar-refractivity contribution in [2.75, 3.05) is 0 Å². The van der Waals surface area contributed by atoms with Crippen LogP contribution in [0.25, 0.3) is 0 Å². The van der Waals surface area contributed by atoms with Crippen LogP contribution in [0.15, 0.2) is 46.9 Å². The van der Waals surface area contributed by atoms with E-state index in [1.165, 1.54) is 0 Å². The lowest BCUT2D eigenvalue weighted by atomic mass is 10.2. The van der Waals surface area contributed by atoms with Gasteiger partial charge >= 0.3 is 0 Å². The standard InChI is InChI=1S/C14H12BrClO2/c15-12-6-11(8-16)13(17)7-14(12)18-9-10-4-2-1-3-5-10/h1-7,17H,8-9H2. The van der Waals surface area contributed by atoms with Gasteiger partial charge in [-0.15, -0.1) is 11.6 Å². The predicted molar refractivity (Wildman–Crippen MR) is 76.1 cm³/mol. The van der Waals surface area contributed by atoms with Gasteiger partial charge in [0.1, 0.15) is 18.1 Å². The number of hydrogen-bond donors (Lipinski definition) is 1. The van der Waals surface area contributed by atoms with Crippen LogP contribution in [0.1, 0.15) is 11.1 Å². The average molecular weight is 328 g/mol. The number of aromatic hydroxyl groups is 1. The molecule has 0 aliphatic carbocycles. The molecule has 2 aromatic rings. The minimum absolute atomic E-state index is 0.149. The zero-order valence-electron chi connectivity index (χ0n) is 9.57. The molecule has 0 atom stereocenters. The van der Waals surface area contributed by atoms with Gasteiger partial charge < -0.3 is 9.84 Å². The summed E-state index contributed by atoms with van der Waals surface area (Å²) >= 11 is 9.11. The fourth-order valence-corrected chi connectivity index (χ4v) is 2.26. The summed E-state index contributed by atoms with van der Waals surface area (Å²) in [5.74, 6) is 1.02. The number of halogens is 2. The monoisotopic (exact) mass is 326 g/mol. The van der Waals surface area contributed by atoms with E-state index in [-0.39, 0.29) is 11.6 Å². The Morgan fingerprint density at radius 2 is 1.89 bits per heavy atom. The van der Waals surface area contributed by atoms with Crippen molar-refractivity contribution in [2.24, 2.45) is 0 Å². The first-order chi connectivity index (χ1) is 8.70. The molecule has 1 N–H and O–H groups in total. The molecule has 0 amide bonds. The molecule has 0 spiro atoms. The summed E-state index contributed by atoms with van der Waals surface area (Å²) in [6, 6.07) is 13.2. The normalized spacial score (nSPS) is 10.3. The van der Waals surface area contributed by atoms with E-state index in [0.29, 0.717) is 17.9 Å². The Balaban J connectivity index is 2.13. The molecule has 2 aromatic carbocycles. The third-order valence-electron chi connectivity index (χ3n) is 2.51. The second-order valence-electron chi connectivity index (χ2n) is 3.82. The smallest absolute Gasteiger partial charge is 0.137 e. The number of benzene rings is 2. The number of phenolic OH excluding ortho intramolecular Hbond substituents is 1. The zero-order chi connectivity index (χ0) is 13.0. The molecule has 0 saturated heterocycles. The molecule has 4 heteroatoms. The SMILES string of the molecule is Oc1cc(OCc2ccccc2)c(Br)cc1CCl. The van der Waals surface area contributed by atoms with Crippen molar-refractivity contribution in [3.8, 4) is 11.5 Å². The fourth-order valence-electron chi connectivity index (χ4n) is 1.54. The third kappa shape index (κ3) is 3.18. The van der Waals surface area contributed by atoms with Crippen LogP contribution in [0.5, 0.6) is 11.5 Å². The predicted octanol–water partition coefficient (Wildman–Crippen LogP) is 4.47. The minimum atomic E-state index is 0.149. The molecular formula is C14H12BrClO2. The molecule has 0 bridgehead atoms. The van der Waals surface area contributed by atoms with E-state index in [4.69, 9.17) is 16.3 Å². The van der Waals surface area contributed by atoms with Crippen molar-refractivity contribution in [1.29, 1.82) is 0 Å². The van der Waals surface area contributed by atoms with E-state index in [1.807, 2.05) is 30.3 Å². The van der Waals surface area contributed by atoms with Gasteiger partial charge in [-0.3, -0.25) is 0 Å². The number of alkyl halides is 1.